The van der Waals surface area contributed by atoms with Crippen LogP contribution in [-0.2, 0) is 12.0 Å². The third-order valence-electron chi connectivity index (χ3n) is 6.22. The van der Waals surface area contributed by atoms with E-state index in [4.69, 9.17) is 4.42 Å². The van der Waals surface area contributed by atoms with Crippen molar-refractivity contribution in [2.45, 2.75) is 38.8 Å². The minimum absolute atomic E-state index is 0.0277. The molecule has 1 aromatic heterocycles. The van der Waals surface area contributed by atoms with Gasteiger partial charge in [0.25, 0.3) is 5.91 Å². The lowest BCUT2D eigenvalue weighted by Gasteiger charge is -2.26. The van der Waals surface area contributed by atoms with Crippen molar-refractivity contribution >= 4 is 16.9 Å². The van der Waals surface area contributed by atoms with Gasteiger partial charge in [-0.2, -0.15) is 0 Å². The molecule has 4 nitrogen and oxygen atoms in total. The number of amides is 1. The number of halogens is 1. The number of rotatable bonds is 3. The van der Waals surface area contributed by atoms with Gasteiger partial charge in [0, 0.05) is 6.54 Å². The normalized spacial score (nSPS) is 15.8. The van der Waals surface area contributed by atoms with Crippen LogP contribution in [0.3, 0.4) is 0 Å². The van der Waals surface area contributed by atoms with E-state index in [0.717, 1.165) is 16.7 Å². The van der Waals surface area contributed by atoms with Gasteiger partial charge in [-0.25, -0.2) is 4.39 Å². The topological polar surface area (TPSA) is 50.5 Å². The van der Waals surface area contributed by atoms with E-state index in [1.54, 1.807) is 4.90 Å². The summed E-state index contributed by atoms with van der Waals surface area (Å²) < 4.78 is 19.8. The second kappa shape index (κ2) is 7.69. The molecule has 1 aliphatic heterocycles. The van der Waals surface area contributed by atoms with Crippen molar-refractivity contribution in [1.82, 2.24) is 4.90 Å². The predicted octanol–water partition coefficient (Wildman–Crippen LogP) is 5.98. The summed E-state index contributed by atoms with van der Waals surface area (Å²) in [5.41, 5.74) is 2.97. The van der Waals surface area contributed by atoms with Crippen LogP contribution in [-0.4, -0.2) is 10.8 Å². The van der Waals surface area contributed by atoms with Crippen LogP contribution in [0.25, 0.3) is 11.0 Å². The number of carbonyl (C=O) groups excluding carboxylic acids is 1. The standard InChI is InChI=1S/C28H24FNO3/c1-28(2,3)19-11-9-18(10-12-19)24-23-25(31)21-15-20(29)13-14-22(21)33-26(23)27(32)30(24)16-17-7-5-4-6-8-17/h4-15,24H,16H2,1-3H3/t24-/m1/s1. The summed E-state index contributed by atoms with van der Waals surface area (Å²) in [5, 5.41) is 0.138. The zero-order valence-corrected chi connectivity index (χ0v) is 18.8. The third-order valence-corrected chi connectivity index (χ3v) is 6.22. The molecular weight excluding hydrogens is 417 g/mol. The van der Waals surface area contributed by atoms with E-state index in [1.165, 1.54) is 18.2 Å². The van der Waals surface area contributed by atoms with Gasteiger partial charge < -0.3 is 9.32 Å². The monoisotopic (exact) mass is 441 g/mol. The number of nitrogens with zero attached hydrogens (tertiary/aromatic N) is 1. The lowest BCUT2D eigenvalue weighted by molar-refractivity contribution is 0.0714. The van der Waals surface area contributed by atoms with E-state index in [1.807, 2.05) is 54.6 Å². The molecule has 0 N–H and O–H groups in total. The molecule has 0 spiro atoms. The van der Waals surface area contributed by atoms with Crippen molar-refractivity contribution in [2.24, 2.45) is 0 Å². The highest BCUT2D eigenvalue weighted by atomic mass is 19.1. The summed E-state index contributed by atoms with van der Waals surface area (Å²) in [4.78, 5) is 28.7. The molecule has 0 saturated heterocycles. The fourth-order valence-corrected chi connectivity index (χ4v) is 4.45. The Kier molecular flexibility index (Phi) is 4.93. The van der Waals surface area contributed by atoms with Crippen LogP contribution in [0.1, 0.15) is 59.6 Å². The van der Waals surface area contributed by atoms with E-state index < -0.39 is 11.9 Å². The highest BCUT2D eigenvalue weighted by Gasteiger charge is 2.42. The SMILES string of the molecule is CC(C)(C)c1ccc([C@@H]2c3c(oc4ccc(F)cc4c3=O)C(=O)N2Cc2ccccc2)cc1. The first-order valence-corrected chi connectivity index (χ1v) is 11.0. The second-order valence-corrected chi connectivity index (χ2v) is 9.51. The van der Waals surface area contributed by atoms with Crippen LogP contribution in [0.5, 0.6) is 0 Å². The van der Waals surface area contributed by atoms with E-state index >= 15 is 0 Å². The maximum absolute atomic E-state index is 13.9. The number of carbonyl (C=O) groups is 1. The minimum Gasteiger partial charge on any atom is -0.450 e. The fraction of sp³-hybridized carbons (Fsp3) is 0.214. The second-order valence-electron chi connectivity index (χ2n) is 9.51. The van der Waals surface area contributed by atoms with Gasteiger partial charge in [-0.3, -0.25) is 9.59 Å². The Bertz CT molecular complexity index is 1420. The third kappa shape index (κ3) is 3.63. The first kappa shape index (κ1) is 21.1. The molecular formula is C28H24FNO3. The number of fused-ring (bicyclic) bond motifs is 2. The molecule has 5 rings (SSSR count). The van der Waals surface area contributed by atoms with Gasteiger partial charge in [-0.05, 0) is 40.3 Å². The first-order chi connectivity index (χ1) is 15.7. The summed E-state index contributed by atoms with van der Waals surface area (Å²) in [6, 6.07) is 20.8. The molecule has 1 aliphatic rings. The molecule has 166 valence electrons. The van der Waals surface area contributed by atoms with E-state index in [2.05, 4.69) is 20.8 Å². The van der Waals surface area contributed by atoms with Crippen LogP contribution < -0.4 is 5.43 Å². The molecule has 0 radical (unpaired) electrons. The maximum Gasteiger partial charge on any atom is 0.291 e. The van der Waals surface area contributed by atoms with Crippen LogP contribution >= 0.6 is 0 Å². The molecule has 3 aromatic carbocycles. The van der Waals surface area contributed by atoms with Crippen molar-refractivity contribution in [3.05, 3.63) is 117 Å². The Morgan fingerprint density at radius 3 is 2.30 bits per heavy atom. The number of benzene rings is 3. The Morgan fingerprint density at radius 1 is 0.939 bits per heavy atom. The van der Waals surface area contributed by atoms with Gasteiger partial charge in [0.2, 0.25) is 5.76 Å². The summed E-state index contributed by atoms with van der Waals surface area (Å²) in [6.07, 6.45) is 0. The molecule has 0 aliphatic carbocycles. The highest BCUT2D eigenvalue weighted by Crippen LogP contribution is 2.39. The van der Waals surface area contributed by atoms with Gasteiger partial charge >= 0.3 is 0 Å². The Hall–Kier alpha value is -3.73. The molecule has 2 heterocycles. The summed E-state index contributed by atoms with van der Waals surface area (Å²) in [5.74, 6) is -0.840. The average Bonchev–Trinajstić information content (AvgIpc) is 3.06. The van der Waals surface area contributed by atoms with Crippen LogP contribution in [0.2, 0.25) is 0 Å². The molecule has 0 fully saturated rings. The Balaban J connectivity index is 1.71. The van der Waals surface area contributed by atoms with Crippen molar-refractivity contribution in [3.8, 4) is 0 Å². The van der Waals surface area contributed by atoms with Crippen LogP contribution in [0.4, 0.5) is 4.39 Å². The average molecular weight is 442 g/mol. The fourth-order valence-electron chi connectivity index (χ4n) is 4.45. The molecule has 0 bridgehead atoms. The summed E-state index contributed by atoms with van der Waals surface area (Å²) >= 11 is 0. The zero-order valence-electron chi connectivity index (χ0n) is 18.8. The molecule has 4 aromatic rings. The van der Waals surface area contributed by atoms with Gasteiger partial charge in [0.05, 0.1) is 17.0 Å². The first-order valence-electron chi connectivity index (χ1n) is 11.0. The van der Waals surface area contributed by atoms with Gasteiger partial charge in [0.1, 0.15) is 11.4 Å². The molecule has 5 heteroatoms. The molecule has 33 heavy (non-hydrogen) atoms. The molecule has 0 unspecified atom stereocenters. The maximum atomic E-state index is 13.9. The van der Waals surface area contributed by atoms with E-state index in [9.17, 15) is 14.0 Å². The smallest absolute Gasteiger partial charge is 0.291 e. The van der Waals surface area contributed by atoms with Crippen molar-refractivity contribution < 1.29 is 13.6 Å². The molecule has 1 amide bonds. The minimum atomic E-state index is -0.620. The largest absolute Gasteiger partial charge is 0.450 e. The van der Waals surface area contributed by atoms with Crippen LogP contribution in [0.15, 0.2) is 82.0 Å². The van der Waals surface area contributed by atoms with Crippen molar-refractivity contribution in [3.63, 3.8) is 0 Å². The summed E-state index contributed by atoms with van der Waals surface area (Å²) in [6.45, 7) is 6.72. The van der Waals surface area contributed by atoms with Crippen LogP contribution in [0, 0.1) is 5.82 Å². The van der Waals surface area contributed by atoms with Crippen molar-refractivity contribution in [1.29, 1.82) is 0 Å². The molecule has 1 atom stereocenters. The quantitative estimate of drug-likeness (QED) is 0.393. The van der Waals surface area contributed by atoms with Gasteiger partial charge in [-0.1, -0.05) is 75.4 Å². The predicted molar refractivity (Wildman–Crippen MR) is 126 cm³/mol. The summed E-state index contributed by atoms with van der Waals surface area (Å²) in [7, 11) is 0. The van der Waals surface area contributed by atoms with Crippen molar-refractivity contribution in [2.75, 3.05) is 0 Å². The highest BCUT2D eigenvalue weighted by molar-refractivity contribution is 5.99. The Morgan fingerprint density at radius 2 is 1.64 bits per heavy atom. The van der Waals surface area contributed by atoms with E-state index in [0.29, 0.717) is 6.54 Å². The number of hydrogen-bond donors (Lipinski definition) is 0. The van der Waals surface area contributed by atoms with Gasteiger partial charge in [-0.15, -0.1) is 0 Å². The number of hydrogen-bond acceptors (Lipinski definition) is 3. The van der Waals surface area contributed by atoms with E-state index in [-0.39, 0.29) is 39.0 Å². The molecule has 0 saturated carbocycles. The lowest BCUT2D eigenvalue weighted by Crippen LogP contribution is -2.29. The lowest BCUT2D eigenvalue weighted by atomic mass is 9.86. The Labute approximate surface area is 191 Å². The van der Waals surface area contributed by atoms with Gasteiger partial charge in [0.15, 0.2) is 5.43 Å². The zero-order chi connectivity index (χ0) is 23.3.